The number of hydrogen-bond acceptors (Lipinski definition) is 3. The summed E-state index contributed by atoms with van der Waals surface area (Å²) in [4.78, 5) is 1.82. The summed E-state index contributed by atoms with van der Waals surface area (Å²) in [5, 5.41) is 12.7. The predicted molar refractivity (Wildman–Crippen MR) is 76.2 cm³/mol. The molecule has 1 saturated heterocycles. The van der Waals surface area contributed by atoms with E-state index in [1.54, 1.807) is 13.1 Å². The summed E-state index contributed by atoms with van der Waals surface area (Å²) in [5.74, 6) is 0.187. The van der Waals surface area contributed by atoms with E-state index in [4.69, 9.17) is 0 Å². The van der Waals surface area contributed by atoms with Crippen LogP contribution >= 0.6 is 0 Å². The first-order chi connectivity index (χ1) is 9.82. The standard InChI is InChI=1S/C15H21F3N2O/c1-10-5-6-20(9-14(10)21)12-4-3-11(8-19-2)13(7-12)15(16,17)18/h3-4,7,10,14,19,21H,5-6,8-9H2,1-2H3. The summed E-state index contributed by atoms with van der Waals surface area (Å²) < 4.78 is 39.5. The molecule has 1 aromatic rings. The van der Waals surface area contributed by atoms with Crippen LogP contribution in [0.3, 0.4) is 0 Å². The van der Waals surface area contributed by atoms with Gasteiger partial charge >= 0.3 is 6.18 Å². The Hall–Kier alpha value is -1.27. The van der Waals surface area contributed by atoms with Crippen LogP contribution in [0.25, 0.3) is 0 Å². The fourth-order valence-electron chi connectivity index (χ4n) is 2.65. The van der Waals surface area contributed by atoms with Gasteiger partial charge in [0.2, 0.25) is 0 Å². The lowest BCUT2D eigenvalue weighted by Crippen LogP contribution is -2.43. The van der Waals surface area contributed by atoms with Crippen LogP contribution in [0.2, 0.25) is 0 Å². The second-order valence-electron chi connectivity index (χ2n) is 5.65. The minimum Gasteiger partial charge on any atom is -0.391 e. The summed E-state index contributed by atoms with van der Waals surface area (Å²) in [7, 11) is 1.62. The van der Waals surface area contributed by atoms with Gasteiger partial charge in [-0.25, -0.2) is 0 Å². The third-order valence-electron chi connectivity index (χ3n) is 4.05. The van der Waals surface area contributed by atoms with E-state index in [1.807, 2.05) is 11.8 Å². The van der Waals surface area contributed by atoms with E-state index in [0.717, 1.165) is 6.42 Å². The van der Waals surface area contributed by atoms with E-state index in [0.29, 0.717) is 18.8 Å². The Kier molecular flexibility index (Phi) is 4.78. The molecule has 0 radical (unpaired) electrons. The monoisotopic (exact) mass is 302 g/mol. The molecular weight excluding hydrogens is 281 g/mol. The second kappa shape index (κ2) is 6.23. The Morgan fingerprint density at radius 2 is 2.10 bits per heavy atom. The van der Waals surface area contributed by atoms with E-state index < -0.39 is 17.8 Å². The number of alkyl halides is 3. The van der Waals surface area contributed by atoms with Gasteiger partial charge in [-0.3, -0.25) is 0 Å². The number of anilines is 1. The minimum atomic E-state index is -4.37. The molecule has 118 valence electrons. The molecule has 0 bridgehead atoms. The highest BCUT2D eigenvalue weighted by atomic mass is 19.4. The average molecular weight is 302 g/mol. The number of β-amino-alcohol motifs (C(OH)–C–C–N with tert-alkyl or cyclic N) is 1. The van der Waals surface area contributed by atoms with E-state index in [2.05, 4.69) is 5.32 Å². The van der Waals surface area contributed by atoms with Crippen LogP contribution in [0.15, 0.2) is 18.2 Å². The molecule has 3 nitrogen and oxygen atoms in total. The number of nitrogens with zero attached hydrogens (tertiary/aromatic N) is 1. The van der Waals surface area contributed by atoms with Crippen molar-refractivity contribution in [1.82, 2.24) is 5.32 Å². The summed E-state index contributed by atoms with van der Waals surface area (Å²) >= 11 is 0. The van der Waals surface area contributed by atoms with Gasteiger partial charge in [0, 0.05) is 25.3 Å². The zero-order chi connectivity index (χ0) is 15.6. The average Bonchev–Trinajstić information content (AvgIpc) is 2.41. The molecule has 1 aliphatic rings. The molecule has 1 heterocycles. The maximum Gasteiger partial charge on any atom is 0.416 e. The third kappa shape index (κ3) is 3.68. The highest BCUT2D eigenvalue weighted by Gasteiger charge is 2.34. The number of aliphatic hydroxyl groups is 1. The first-order valence-electron chi connectivity index (χ1n) is 7.10. The van der Waals surface area contributed by atoms with E-state index in [1.165, 1.54) is 12.1 Å². The molecule has 0 saturated carbocycles. The van der Waals surface area contributed by atoms with Crippen molar-refractivity contribution in [2.45, 2.75) is 32.2 Å². The fourth-order valence-corrected chi connectivity index (χ4v) is 2.65. The molecule has 0 aromatic heterocycles. The first kappa shape index (κ1) is 16.1. The third-order valence-corrected chi connectivity index (χ3v) is 4.05. The maximum absolute atomic E-state index is 13.2. The number of aliphatic hydroxyl groups excluding tert-OH is 1. The summed E-state index contributed by atoms with van der Waals surface area (Å²) in [6.07, 6.45) is -4.09. The van der Waals surface area contributed by atoms with E-state index >= 15 is 0 Å². The van der Waals surface area contributed by atoms with Crippen LogP contribution in [0.4, 0.5) is 18.9 Å². The van der Waals surface area contributed by atoms with Crippen molar-refractivity contribution < 1.29 is 18.3 Å². The fraction of sp³-hybridized carbons (Fsp3) is 0.600. The van der Waals surface area contributed by atoms with Crippen molar-refractivity contribution in [3.8, 4) is 0 Å². The zero-order valence-corrected chi connectivity index (χ0v) is 12.2. The van der Waals surface area contributed by atoms with E-state index in [-0.39, 0.29) is 18.0 Å². The Morgan fingerprint density at radius 3 is 2.67 bits per heavy atom. The SMILES string of the molecule is CNCc1ccc(N2CCC(C)C(O)C2)cc1C(F)(F)F. The zero-order valence-electron chi connectivity index (χ0n) is 12.2. The lowest BCUT2D eigenvalue weighted by Gasteiger charge is -2.36. The molecule has 0 spiro atoms. The van der Waals surface area contributed by atoms with Crippen LogP contribution < -0.4 is 10.2 Å². The molecule has 2 N–H and O–H groups in total. The number of rotatable bonds is 3. The first-order valence-corrected chi connectivity index (χ1v) is 7.10. The topological polar surface area (TPSA) is 35.5 Å². The minimum absolute atomic E-state index is 0.175. The largest absolute Gasteiger partial charge is 0.416 e. The van der Waals surface area contributed by atoms with Crippen LogP contribution in [0.1, 0.15) is 24.5 Å². The summed E-state index contributed by atoms with van der Waals surface area (Å²) in [6, 6.07) is 4.40. The van der Waals surface area contributed by atoms with Crippen LogP contribution in [0, 0.1) is 5.92 Å². The molecule has 1 fully saturated rings. The van der Waals surface area contributed by atoms with Crippen LogP contribution in [0.5, 0.6) is 0 Å². The molecular formula is C15H21F3N2O. The van der Waals surface area contributed by atoms with Gasteiger partial charge in [0.25, 0.3) is 0 Å². The van der Waals surface area contributed by atoms with Crippen LogP contribution in [-0.2, 0) is 12.7 Å². The Balaban J connectivity index is 2.29. The smallest absolute Gasteiger partial charge is 0.391 e. The van der Waals surface area contributed by atoms with Crippen molar-refractivity contribution in [1.29, 1.82) is 0 Å². The molecule has 0 aliphatic carbocycles. The molecule has 1 aliphatic heterocycles. The van der Waals surface area contributed by atoms with Gasteiger partial charge in [0.05, 0.1) is 11.7 Å². The highest BCUT2D eigenvalue weighted by Crippen LogP contribution is 2.35. The van der Waals surface area contributed by atoms with Gasteiger partial charge in [-0.05, 0) is 37.1 Å². The summed E-state index contributed by atoms with van der Waals surface area (Å²) in [6.45, 7) is 3.18. The van der Waals surface area contributed by atoms with Gasteiger partial charge in [-0.2, -0.15) is 13.2 Å². The lowest BCUT2D eigenvalue weighted by molar-refractivity contribution is -0.138. The number of benzene rings is 1. The predicted octanol–water partition coefficient (Wildman–Crippen LogP) is 2.63. The number of hydrogen-bond donors (Lipinski definition) is 2. The molecule has 6 heteroatoms. The normalized spacial score (nSPS) is 23.4. The Morgan fingerprint density at radius 1 is 1.38 bits per heavy atom. The van der Waals surface area contributed by atoms with Crippen molar-refractivity contribution in [3.05, 3.63) is 29.3 Å². The Labute approximate surface area is 122 Å². The van der Waals surface area contributed by atoms with Crippen molar-refractivity contribution in [3.63, 3.8) is 0 Å². The molecule has 2 atom stereocenters. The molecule has 2 rings (SSSR count). The maximum atomic E-state index is 13.2. The Bertz CT molecular complexity index is 490. The highest BCUT2D eigenvalue weighted by molar-refractivity contribution is 5.52. The van der Waals surface area contributed by atoms with Gasteiger partial charge in [-0.1, -0.05) is 13.0 Å². The quantitative estimate of drug-likeness (QED) is 0.901. The van der Waals surface area contributed by atoms with Crippen LogP contribution in [-0.4, -0.2) is 31.3 Å². The second-order valence-corrected chi connectivity index (χ2v) is 5.65. The van der Waals surface area contributed by atoms with E-state index in [9.17, 15) is 18.3 Å². The van der Waals surface area contributed by atoms with Crippen molar-refractivity contribution in [2.24, 2.45) is 5.92 Å². The number of nitrogens with one attached hydrogen (secondary N) is 1. The number of halogens is 3. The molecule has 1 aromatic carbocycles. The van der Waals surface area contributed by atoms with Gasteiger partial charge in [-0.15, -0.1) is 0 Å². The molecule has 0 amide bonds. The van der Waals surface area contributed by atoms with Gasteiger partial charge in [0.1, 0.15) is 0 Å². The van der Waals surface area contributed by atoms with Crippen molar-refractivity contribution >= 4 is 5.69 Å². The van der Waals surface area contributed by atoms with Gasteiger partial charge < -0.3 is 15.3 Å². The van der Waals surface area contributed by atoms with Gasteiger partial charge in [0.15, 0.2) is 0 Å². The summed E-state index contributed by atoms with van der Waals surface area (Å²) in [5.41, 5.74) is 0.148. The lowest BCUT2D eigenvalue weighted by atomic mass is 9.95. The van der Waals surface area contributed by atoms with Crippen molar-refractivity contribution in [2.75, 3.05) is 25.0 Å². The molecule has 21 heavy (non-hydrogen) atoms. The number of piperidine rings is 1. The molecule has 2 unspecified atom stereocenters.